The third-order valence-electron chi connectivity index (χ3n) is 2.66. The Labute approximate surface area is 111 Å². The van der Waals surface area contributed by atoms with Crippen LogP contribution < -0.4 is 5.73 Å². The summed E-state index contributed by atoms with van der Waals surface area (Å²) in [7, 11) is 1.93. The molecule has 5 nitrogen and oxygen atoms in total. The first-order valence-corrected chi connectivity index (χ1v) is 6.64. The first-order chi connectivity index (χ1) is 8.51. The molecule has 0 amide bonds. The maximum Gasteiger partial charge on any atom is 0.131 e. The fraction of sp³-hybridized carbons (Fsp3) is 0.417. The van der Waals surface area contributed by atoms with E-state index in [9.17, 15) is 0 Å². The molecule has 2 aromatic heterocycles. The highest BCUT2D eigenvalue weighted by atomic mass is 32.2. The van der Waals surface area contributed by atoms with Gasteiger partial charge in [0.1, 0.15) is 21.7 Å². The zero-order chi connectivity index (χ0) is 13.3. The number of hydrogen-bond donors (Lipinski definition) is 1. The fourth-order valence-electron chi connectivity index (χ4n) is 1.60. The number of rotatable bonds is 3. The fourth-order valence-corrected chi connectivity index (χ4v) is 2.61. The molecule has 0 aromatic carbocycles. The van der Waals surface area contributed by atoms with Crippen molar-refractivity contribution >= 4 is 17.6 Å². The molecule has 0 aliphatic heterocycles. The van der Waals surface area contributed by atoms with E-state index in [0.717, 1.165) is 33.6 Å². The molecule has 0 bridgehead atoms. The molecule has 96 valence electrons. The summed E-state index contributed by atoms with van der Waals surface area (Å²) >= 11 is 1.57. The van der Waals surface area contributed by atoms with Gasteiger partial charge in [-0.15, -0.1) is 0 Å². The predicted molar refractivity (Wildman–Crippen MR) is 72.6 cm³/mol. The second-order valence-corrected chi connectivity index (χ2v) is 5.17. The number of hydrogen-bond acceptors (Lipinski definition) is 5. The highest BCUT2D eigenvalue weighted by Crippen LogP contribution is 2.30. The van der Waals surface area contributed by atoms with Gasteiger partial charge in [0, 0.05) is 19.0 Å². The van der Waals surface area contributed by atoms with E-state index in [-0.39, 0.29) is 0 Å². The molecule has 0 aliphatic rings. The SMILES string of the molecule is CCc1nc(N)c(C)c(Sc2cc(C)nn2C)n1. The molecule has 2 aromatic rings. The minimum atomic E-state index is 0.559. The Morgan fingerprint density at radius 2 is 2.06 bits per heavy atom. The van der Waals surface area contributed by atoms with Crippen LogP contribution >= 0.6 is 11.8 Å². The van der Waals surface area contributed by atoms with Crippen LogP contribution in [0.2, 0.25) is 0 Å². The Hall–Kier alpha value is -1.56. The van der Waals surface area contributed by atoms with Crippen LogP contribution in [0.25, 0.3) is 0 Å². The van der Waals surface area contributed by atoms with Crippen LogP contribution in [0.4, 0.5) is 5.82 Å². The molecule has 0 unspecified atom stereocenters. The summed E-state index contributed by atoms with van der Waals surface area (Å²) in [6.45, 7) is 5.94. The molecule has 2 heterocycles. The summed E-state index contributed by atoms with van der Waals surface area (Å²) in [5.74, 6) is 1.34. The Morgan fingerprint density at radius 3 is 2.61 bits per heavy atom. The van der Waals surface area contributed by atoms with Gasteiger partial charge < -0.3 is 5.73 Å². The number of aryl methyl sites for hydroxylation is 3. The first kappa shape index (κ1) is 12.9. The second kappa shape index (κ2) is 4.97. The van der Waals surface area contributed by atoms with Gasteiger partial charge in [-0.3, -0.25) is 4.68 Å². The molecular weight excluding hydrogens is 246 g/mol. The van der Waals surface area contributed by atoms with Crippen molar-refractivity contribution in [2.24, 2.45) is 7.05 Å². The van der Waals surface area contributed by atoms with Crippen molar-refractivity contribution in [3.05, 3.63) is 23.1 Å². The summed E-state index contributed by atoms with van der Waals surface area (Å²) in [6.07, 6.45) is 0.780. The van der Waals surface area contributed by atoms with E-state index in [0.29, 0.717) is 5.82 Å². The topological polar surface area (TPSA) is 69.6 Å². The smallest absolute Gasteiger partial charge is 0.131 e. The van der Waals surface area contributed by atoms with Crippen LogP contribution in [-0.4, -0.2) is 19.7 Å². The third kappa shape index (κ3) is 2.48. The van der Waals surface area contributed by atoms with Crippen LogP contribution in [0.15, 0.2) is 16.1 Å². The number of nitrogen functional groups attached to an aromatic ring is 1. The molecule has 0 saturated carbocycles. The lowest BCUT2D eigenvalue weighted by Gasteiger charge is -2.08. The Morgan fingerprint density at radius 1 is 1.33 bits per heavy atom. The lowest BCUT2D eigenvalue weighted by Crippen LogP contribution is -2.04. The lowest BCUT2D eigenvalue weighted by atomic mass is 10.3. The number of nitrogens with zero attached hydrogens (tertiary/aromatic N) is 4. The van der Waals surface area contributed by atoms with Crippen molar-refractivity contribution in [1.29, 1.82) is 0 Å². The molecule has 0 saturated heterocycles. The largest absolute Gasteiger partial charge is 0.383 e. The van der Waals surface area contributed by atoms with E-state index in [4.69, 9.17) is 5.73 Å². The minimum Gasteiger partial charge on any atom is -0.383 e. The number of anilines is 1. The summed E-state index contributed by atoms with van der Waals surface area (Å²) in [6, 6.07) is 2.04. The van der Waals surface area contributed by atoms with Crippen molar-refractivity contribution in [2.75, 3.05) is 5.73 Å². The normalized spacial score (nSPS) is 10.9. The van der Waals surface area contributed by atoms with Gasteiger partial charge >= 0.3 is 0 Å². The van der Waals surface area contributed by atoms with Crippen LogP contribution in [0.1, 0.15) is 24.0 Å². The Bertz CT molecular complexity index is 576. The zero-order valence-corrected chi connectivity index (χ0v) is 11.9. The Balaban J connectivity index is 2.39. The number of nitrogens with two attached hydrogens (primary N) is 1. The number of aromatic nitrogens is 4. The quantitative estimate of drug-likeness (QED) is 0.859. The van der Waals surface area contributed by atoms with E-state index in [1.807, 2.05) is 38.6 Å². The van der Waals surface area contributed by atoms with Crippen molar-refractivity contribution < 1.29 is 0 Å². The van der Waals surface area contributed by atoms with Gasteiger partial charge in [0.2, 0.25) is 0 Å². The predicted octanol–water partition coefficient (Wildman–Crippen LogP) is 2.12. The summed E-state index contributed by atoms with van der Waals surface area (Å²) in [4.78, 5) is 8.78. The van der Waals surface area contributed by atoms with E-state index in [1.165, 1.54) is 0 Å². The molecule has 0 radical (unpaired) electrons. The minimum absolute atomic E-state index is 0.559. The van der Waals surface area contributed by atoms with Gasteiger partial charge in [-0.2, -0.15) is 5.10 Å². The molecule has 2 N–H and O–H groups in total. The summed E-state index contributed by atoms with van der Waals surface area (Å²) in [5.41, 5.74) is 7.83. The van der Waals surface area contributed by atoms with Crippen LogP contribution in [0, 0.1) is 13.8 Å². The standard InChI is InChI=1S/C12H17N5S/c1-5-9-14-11(13)8(3)12(15-9)18-10-6-7(2)16-17(10)4/h6H,5H2,1-4H3,(H2,13,14,15). The molecule has 2 rings (SSSR count). The van der Waals surface area contributed by atoms with Crippen molar-refractivity contribution in [3.8, 4) is 0 Å². The second-order valence-electron chi connectivity index (χ2n) is 4.16. The van der Waals surface area contributed by atoms with Gasteiger partial charge in [-0.05, 0) is 31.7 Å². The van der Waals surface area contributed by atoms with Gasteiger partial charge in [0.15, 0.2) is 0 Å². The average Bonchev–Trinajstić information content (AvgIpc) is 2.63. The van der Waals surface area contributed by atoms with Gasteiger partial charge in [-0.1, -0.05) is 6.92 Å². The van der Waals surface area contributed by atoms with Crippen molar-refractivity contribution in [2.45, 2.75) is 37.2 Å². The van der Waals surface area contributed by atoms with Crippen molar-refractivity contribution in [3.63, 3.8) is 0 Å². The average molecular weight is 263 g/mol. The highest BCUT2D eigenvalue weighted by Gasteiger charge is 2.12. The first-order valence-electron chi connectivity index (χ1n) is 5.82. The summed E-state index contributed by atoms with van der Waals surface area (Å²) < 4.78 is 1.85. The van der Waals surface area contributed by atoms with Crippen molar-refractivity contribution in [1.82, 2.24) is 19.7 Å². The van der Waals surface area contributed by atoms with E-state index in [2.05, 4.69) is 15.1 Å². The molecule has 0 atom stereocenters. The maximum atomic E-state index is 5.91. The van der Waals surface area contributed by atoms with E-state index >= 15 is 0 Å². The monoisotopic (exact) mass is 263 g/mol. The molecule has 0 fully saturated rings. The van der Waals surface area contributed by atoms with Gasteiger partial charge in [-0.25, -0.2) is 9.97 Å². The Kier molecular flexibility index (Phi) is 3.56. The molecule has 0 spiro atoms. The maximum absolute atomic E-state index is 5.91. The molecule has 0 aliphatic carbocycles. The van der Waals surface area contributed by atoms with Gasteiger partial charge in [0.05, 0.1) is 5.69 Å². The third-order valence-corrected chi connectivity index (χ3v) is 3.84. The summed E-state index contributed by atoms with van der Waals surface area (Å²) in [5, 5.41) is 6.28. The van der Waals surface area contributed by atoms with Crippen LogP contribution in [0.5, 0.6) is 0 Å². The highest BCUT2D eigenvalue weighted by molar-refractivity contribution is 7.99. The lowest BCUT2D eigenvalue weighted by molar-refractivity contribution is 0.691. The zero-order valence-electron chi connectivity index (χ0n) is 11.1. The van der Waals surface area contributed by atoms with Gasteiger partial charge in [0.25, 0.3) is 0 Å². The molecule has 6 heteroatoms. The van der Waals surface area contributed by atoms with Crippen LogP contribution in [0.3, 0.4) is 0 Å². The van der Waals surface area contributed by atoms with E-state index < -0.39 is 0 Å². The van der Waals surface area contributed by atoms with E-state index in [1.54, 1.807) is 11.8 Å². The molecular formula is C12H17N5S. The molecule has 18 heavy (non-hydrogen) atoms. The van der Waals surface area contributed by atoms with Crippen LogP contribution in [-0.2, 0) is 13.5 Å².